The van der Waals surface area contributed by atoms with Crippen molar-refractivity contribution in [2.24, 2.45) is 23.2 Å². The van der Waals surface area contributed by atoms with Crippen molar-refractivity contribution in [1.82, 2.24) is 0 Å². The van der Waals surface area contributed by atoms with Crippen molar-refractivity contribution < 1.29 is 27.2 Å². The SMILES string of the molecule is O=C(OCCCCS(=O)(=O)O)C12CC3CC(C1)C(Oc1ccccc1[S+](C1=CCCC=C1)c1ccccc1)C(C3)C2. The smallest absolute Gasteiger partial charge is 0.312 e. The molecule has 0 saturated heterocycles. The normalized spacial score (nSPS) is 29.1. The monoisotopic (exact) mass is 595 g/mol. The molecule has 4 bridgehead atoms. The Balaban J connectivity index is 1.19. The van der Waals surface area contributed by atoms with Gasteiger partial charge in [0.1, 0.15) is 17.0 Å². The lowest BCUT2D eigenvalue weighted by atomic mass is 9.48. The average molecular weight is 596 g/mol. The van der Waals surface area contributed by atoms with Gasteiger partial charge in [-0.2, -0.15) is 8.42 Å². The van der Waals surface area contributed by atoms with Gasteiger partial charge in [-0.3, -0.25) is 9.35 Å². The molecule has 8 heteroatoms. The molecular formula is C33H39O6S2+. The molecule has 0 heterocycles. The van der Waals surface area contributed by atoms with E-state index in [1.165, 1.54) is 14.7 Å². The molecule has 218 valence electrons. The zero-order valence-electron chi connectivity index (χ0n) is 23.3. The molecule has 41 heavy (non-hydrogen) atoms. The Labute approximate surface area is 246 Å². The molecule has 0 aromatic heterocycles. The molecule has 1 N–H and O–H groups in total. The summed E-state index contributed by atoms with van der Waals surface area (Å²) in [5.41, 5.74) is -0.453. The molecule has 7 rings (SSSR count). The van der Waals surface area contributed by atoms with Gasteiger partial charge in [-0.1, -0.05) is 36.4 Å². The maximum atomic E-state index is 13.4. The molecule has 0 aliphatic heterocycles. The largest absolute Gasteiger partial charge is 0.485 e. The highest BCUT2D eigenvalue weighted by atomic mass is 32.2. The molecule has 0 amide bonds. The predicted octanol–water partition coefficient (Wildman–Crippen LogP) is 6.74. The summed E-state index contributed by atoms with van der Waals surface area (Å²) in [5, 5.41) is 0. The standard InChI is InChI=1S/C33H38O6S2/c34-32(38-17-9-10-18-41(35,36)37)33-21-24-19-25(22-33)31(26(20-24)23-33)39-29-15-7-8-16-30(29)40(27-11-3-1-4-12-27)28-13-5-2-6-14-28/h1,3-5,7-8,11-16,24-26,31H,2,6,9-10,17-23H2/p+1. The van der Waals surface area contributed by atoms with E-state index in [1.54, 1.807) is 0 Å². The molecule has 6 nitrogen and oxygen atoms in total. The fourth-order valence-electron chi connectivity index (χ4n) is 7.67. The van der Waals surface area contributed by atoms with E-state index in [-0.39, 0.29) is 41.7 Å². The van der Waals surface area contributed by atoms with E-state index >= 15 is 0 Å². The number of carbonyl (C=O) groups is 1. The Bertz CT molecular complexity index is 1400. The molecule has 4 fully saturated rings. The molecule has 2 aromatic rings. The van der Waals surface area contributed by atoms with Gasteiger partial charge in [0.2, 0.25) is 4.90 Å². The zero-order valence-corrected chi connectivity index (χ0v) is 25.0. The van der Waals surface area contributed by atoms with Crippen LogP contribution in [0, 0.1) is 23.2 Å². The van der Waals surface area contributed by atoms with Crippen LogP contribution < -0.4 is 4.74 Å². The first-order chi connectivity index (χ1) is 19.8. The Morgan fingerprint density at radius 1 is 0.951 bits per heavy atom. The van der Waals surface area contributed by atoms with Gasteiger partial charge in [0.25, 0.3) is 10.1 Å². The highest BCUT2D eigenvalue weighted by Crippen LogP contribution is 2.61. The van der Waals surface area contributed by atoms with Crippen molar-refractivity contribution in [2.75, 3.05) is 12.4 Å². The second kappa shape index (κ2) is 12.0. The number of hydrogen-bond acceptors (Lipinski definition) is 5. The van der Waals surface area contributed by atoms with Gasteiger partial charge in [-0.25, -0.2) is 0 Å². The quantitative estimate of drug-likeness (QED) is 0.134. The van der Waals surface area contributed by atoms with Gasteiger partial charge in [-0.05, 0) is 112 Å². The lowest BCUT2D eigenvalue weighted by Gasteiger charge is -2.58. The fraction of sp³-hybridized carbons (Fsp3) is 0.485. The van der Waals surface area contributed by atoms with Crippen molar-refractivity contribution in [2.45, 2.75) is 73.7 Å². The molecular weight excluding hydrogens is 556 g/mol. The number of allylic oxidation sites excluding steroid dienone is 3. The first kappa shape index (κ1) is 28.6. The van der Waals surface area contributed by atoms with Crippen molar-refractivity contribution in [3.63, 3.8) is 0 Å². The first-order valence-electron chi connectivity index (χ1n) is 14.9. The van der Waals surface area contributed by atoms with Crippen LogP contribution in [0.1, 0.15) is 57.8 Å². The van der Waals surface area contributed by atoms with E-state index in [9.17, 15) is 13.2 Å². The zero-order chi connectivity index (χ0) is 28.5. The topological polar surface area (TPSA) is 89.9 Å². The minimum absolute atomic E-state index is 0.0838. The number of rotatable bonds is 11. The maximum Gasteiger partial charge on any atom is 0.312 e. The summed E-state index contributed by atoms with van der Waals surface area (Å²) in [6.07, 6.45) is 14.5. The Morgan fingerprint density at radius 3 is 2.39 bits per heavy atom. The number of carbonyl (C=O) groups excluding carboxylic acids is 1. The average Bonchev–Trinajstić information content (AvgIpc) is 2.96. The summed E-state index contributed by atoms with van der Waals surface area (Å²) < 4.78 is 43.6. The van der Waals surface area contributed by atoms with Crippen molar-refractivity contribution in [3.05, 3.63) is 77.7 Å². The number of para-hydroxylation sites is 1. The summed E-state index contributed by atoms with van der Waals surface area (Å²) in [6, 6.07) is 19.2. The molecule has 5 aliphatic rings. The van der Waals surface area contributed by atoms with Crippen LogP contribution in [0.3, 0.4) is 0 Å². The number of benzene rings is 2. The van der Waals surface area contributed by atoms with Gasteiger partial charge in [0.15, 0.2) is 15.6 Å². The van der Waals surface area contributed by atoms with E-state index in [0.717, 1.165) is 50.7 Å². The Hall–Kier alpha value is -2.55. The van der Waals surface area contributed by atoms with Crippen LogP contribution in [-0.4, -0.2) is 37.4 Å². The molecule has 2 aromatic carbocycles. The van der Waals surface area contributed by atoms with Gasteiger partial charge in [-0.15, -0.1) is 0 Å². The van der Waals surface area contributed by atoms with E-state index in [4.69, 9.17) is 14.0 Å². The Morgan fingerprint density at radius 2 is 1.68 bits per heavy atom. The van der Waals surface area contributed by atoms with E-state index in [2.05, 4.69) is 72.8 Å². The van der Waals surface area contributed by atoms with E-state index < -0.39 is 15.5 Å². The number of hydrogen-bond donors (Lipinski definition) is 1. The van der Waals surface area contributed by atoms with Gasteiger partial charge in [0.05, 0.1) is 17.8 Å². The van der Waals surface area contributed by atoms with Gasteiger partial charge in [0, 0.05) is 0 Å². The third kappa shape index (κ3) is 6.30. The minimum atomic E-state index is -3.99. The van der Waals surface area contributed by atoms with Crippen LogP contribution in [0.5, 0.6) is 5.75 Å². The van der Waals surface area contributed by atoms with Crippen LogP contribution in [0.25, 0.3) is 0 Å². The summed E-state index contributed by atoms with van der Waals surface area (Å²) in [5.74, 6) is 1.66. The third-order valence-corrected chi connectivity index (χ3v) is 12.3. The van der Waals surface area contributed by atoms with Crippen molar-refractivity contribution in [3.8, 4) is 5.75 Å². The molecule has 4 saturated carbocycles. The fourth-order valence-corrected chi connectivity index (χ4v) is 10.5. The summed E-state index contributed by atoms with van der Waals surface area (Å²) in [7, 11) is -4.25. The summed E-state index contributed by atoms with van der Waals surface area (Å²) in [6.45, 7) is 0.190. The Kier molecular flexibility index (Phi) is 8.35. The second-order valence-corrected chi connectivity index (χ2v) is 15.7. The number of unbranched alkanes of at least 4 members (excludes halogenated alkanes) is 1. The lowest BCUT2D eigenvalue weighted by Crippen LogP contribution is -2.58. The third-order valence-electron chi connectivity index (χ3n) is 9.16. The minimum Gasteiger partial charge on any atom is -0.485 e. The van der Waals surface area contributed by atoms with E-state index in [0.29, 0.717) is 24.2 Å². The van der Waals surface area contributed by atoms with Crippen LogP contribution in [0.2, 0.25) is 0 Å². The number of ether oxygens (including phenoxy) is 2. The highest BCUT2D eigenvalue weighted by molar-refractivity contribution is 8.01. The lowest BCUT2D eigenvalue weighted by molar-refractivity contribution is -0.182. The predicted molar refractivity (Wildman–Crippen MR) is 160 cm³/mol. The summed E-state index contributed by atoms with van der Waals surface area (Å²) >= 11 is 0. The highest BCUT2D eigenvalue weighted by Gasteiger charge is 2.60. The van der Waals surface area contributed by atoms with E-state index in [1.807, 2.05) is 0 Å². The van der Waals surface area contributed by atoms with Gasteiger partial charge < -0.3 is 9.47 Å². The van der Waals surface area contributed by atoms with Crippen LogP contribution in [-0.2, 0) is 30.5 Å². The first-order valence-corrected chi connectivity index (χ1v) is 17.7. The maximum absolute atomic E-state index is 13.4. The molecule has 5 aliphatic carbocycles. The molecule has 3 atom stereocenters. The van der Waals surface area contributed by atoms with Crippen molar-refractivity contribution >= 4 is 27.0 Å². The number of esters is 1. The molecule has 0 radical (unpaired) electrons. The molecule has 3 unspecified atom stereocenters. The van der Waals surface area contributed by atoms with Crippen LogP contribution >= 0.6 is 0 Å². The summed E-state index contributed by atoms with van der Waals surface area (Å²) in [4.78, 5) is 17.2. The van der Waals surface area contributed by atoms with Crippen LogP contribution in [0.15, 0.2) is 87.5 Å². The van der Waals surface area contributed by atoms with Crippen molar-refractivity contribution in [1.29, 1.82) is 0 Å². The molecule has 0 spiro atoms. The van der Waals surface area contributed by atoms with Gasteiger partial charge >= 0.3 is 5.97 Å². The second-order valence-electron chi connectivity index (χ2n) is 12.1. The van der Waals surface area contributed by atoms with Crippen LogP contribution in [0.4, 0.5) is 0 Å².